The number of halogens is 1. The summed E-state index contributed by atoms with van der Waals surface area (Å²) in [6, 6.07) is 12.2. The molecule has 0 saturated heterocycles. The highest BCUT2D eigenvalue weighted by Gasteiger charge is 2.11. The lowest BCUT2D eigenvalue weighted by Gasteiger charge is -2.15. The third kappa shape index (κ3) is 6.54. The minimum absolute atomic E-state index is 0.493. The molecule has 0 fully saturated rings. The normalized spacial score (nSPS) is 10.8. The summed E-state index contributed by atoms with van der Waals surface area (Å²) in [5.41, 5.74) is 3.39. The van der Waals surface area contributed by atoms with Crippen LogP contribution >= 0.6 is 11.6 Å². The zero-order chi connectivity index (χ0) is 18.8. The van der Waals surface area contributed by atoms with Gasteiger partial charge in [-0.1, -0.05) is 61.2 Å². The first kappa shape index (κ1) is 20.6. The molecular formula is C22H30ClNO2. The lowest BCUT2D eigenvalue weighted by Crippen LogP contribution is -2.15. The Balaban J connectivity index is 2.04. The van der Waals surface area contributed by atoms with E-state index in [9.17, 15) is 0 Å². The van der Waals surface area contributed by atoms with Gasteiger partial charge in [0.15, 0.2) is 11.5 Å². The SMILES string of the molecule is CCCCCNCc1cc(OCC)c(OCc2cccc(C)c2)cc1Cl. The lowest BCUT2D eigenvalue weighted by molar-refractivity contribution is 0.269. The van der Waals surface area contributed by atoms with Gasteiger partial charge in [0.25, 0.3) is 0 Å². The molecule has 142 valence electrons. The molecule has 0 aliphatic rings. The van der Waals surface area contributed by atoms with E-state index in [2.05, 4.69) is 37.4 Å². The molecule has 0 aliphatic carbocycles. The van der Waals surface area contributed by atoms with E-state index in [1.807, 2.05) is 25.1 Å². The smallest absolute Gasteiger partial charge is 0.163 e. The fraction of sp³-hybridized carbons (Fsp3) is 0.455. The largest absolute Gasteiger partial charge is 0.490 e. The van der Waals surface area contributed by atoms with Crippen LogP contribution in [0.1, 0.15) is 49.8 Å². The van der Waals surface area contributed by atoms with Gasteiger partial charge >= 0.3 is 0 Å². The Morgan fingerprint density at radius 2 is 1.81 bits per heavy atom. The summed E-state index contributed by atoms with van der Waals surface area (Å²) in [6.07, 6.45) is 3.66. The molecule has 2 rings (SSSR count). The summed E-state index contributed by atoms with van der Waals surface area (Å²) >= 11 is 6.47. The van der Waals surface area contributed by atoms with E-state index in [4.69, 9.17) is 21.1 Å². The van der Waals surface area contributed by atoms with Gasteiger partial charge in [-0.3, -0.25) is 0 Å². The van der Waals surface area contributed by atoms with E-state index < -0.39 is 0 Å². The third-order valence-electron chi connectivity index (χ3n) is 4.16. The minimum Gasteiger partial charge on any atom is -0.490 e. The Kier molecular flexibility index (Phi) is 8.79. The van der Waals surface area contributed by atoms with Crippen LogP contribution in [0.5, 0.6) is 11.5 Å². The van der Waals surface area contributed by atoms with Gasteiger partial charge in [-0.25, -0.2) is 0 Å². The number of rotatable bonds is 11. The van der Waals surface area contributed by atoms with Crippen molar-refractivity contribution in [3.8, 4) is 11.5 Å². The van der Waals surface area contributed by atoms with Gasteiger partial charge in [0.1, 0.15) is 6.61 Å². The Bertz CT molecular complexity index is 688. The molecule has 4 heteroatoms. The second kappa shape index (κ2) is 11.1. The van der Waals surface area contributed by atoms with Crippen LogP contribution in [0, 0.1) is 6.92 Å². The van der Waals surface area contributed by atoms with Crippen molar-refractivity contribution in [1.29, 1.82) is 0 Å². The molecule has 0 aliphatic heterocycles. The number of aryl methyl sites for hydroxylation is 1. The van der Waals surface area contributed by atoms with Crippen molar-refractivity contribution in [2.45, 2.75) is 53.2 Å². The molecule has 2 aromatic carbocycles. The third-order valence-corrected chi connectivity index (χ3v) is 4.51. The van der Waals surface area contributed by atoms with Crippen LogP contribution in [0.15, 0.2) is 36.4 Å². The van der Waals surface area contributed by atoms with Gasteiger partial charge in [-0.05, 0) is 44.0 Å². The van der Waals surface area contributed by atoms with Crippen LogP contribution in [0.2, 0.25) is 5.02 Å². The molecule has 0 amide bonds. The zero-order valence-electron chi connectivity index (χ0n) is 16.1. The van der Waals surface area contributed by atoms with Crippen LogP contribution in [0.3, 0.4) is 0 Å². The molecule has 0 bridgehead atoms. The highest BCUT2D eigenvalue weighted by atomic mass is 35.5. The molecule has 1 N–H and O–H groups in total. The zero-order valence-corrected chi connectivity index (χ0v) is 16.9. The average molecular weight is 376 g/mol. The molecule has 0 aromatic heterocycles. The Morgan fingerprint density at radius 1 is 1.00 bits per heavy atom. The fourth-order valence-electron chi connectivity index (χ4n) is 2.78. The minimum atomic E-state index is 0.493. The van der Waals surface area contributed by atoms with Crippen molar-refractivity contribution >= 4 is 11.6 Å². The van der Waals surface area contributed by atoms with Crippen molar-refractivity contribution in [2.75, 3.05) is 13.2 Å². The number of hydrogen-bond acceptors (Lipinski definition) is 3. The number of ether oxygens (including phenoxy) is 2. The maximum Gasteiger partial charge on any atom is 0.163 e. The molecule has 0 spiro atoms. The molecule has 0 heterocycles. The summed E-state index contributed by atoms with van der Waals surface area (Å²) < 4.78 is 11.8. The van der Waals surface area contributed by atoms with Crippen LogP contribution in [0.4, 0.5) is 0 Å². The first-order chi connectivity index (χ1) is 12.6. The standard InChI is InChI=1S/C22H30ClNO2/c1-4-6-7-11-24-15-19-13-21(25-5-2)22(14-20(19)23)26-16-18-10-8-9-17(3)12-18/h8-10,12-14,24H,4-7,11,15-16H2,1-3H3. The topological polar surface area (TPSA) is 30.5 Å². The molecular weight excluding hydrogens is 346 g/mol. The monoisotopic (exact) mass is 375 g/mol. The quantitative estimate of drug-likeness (QED) is 0.495. The molecule has 0 radical (unpaired) electrons. The number of unbranched alkanes of at least 4 members (excludes halogenated alkanes) is 2. The molecule has 3 nitrogen and oxygen atoms in total. The molecule has 2 aromatic rings. The van der Waals surface area contributed by atoms with Crippen molar-refractivity contribution in [1.82, 2.24) is 5.32 Å². The first-order valence-electron chi connectivity index (χ1n) is 9.48. The van der Waals surface area contributed by atoms with E-state index in [0.29, 0.717) is 24.0 Å². The van der Waals surface area contributed by atoms with Crippen molar-refractivity contribution in [3.63, 3.8) is 0 Å². The Labute approximate surface area is 162 Å². The molecule has 0 atom stereocenters. The first-order valence-corrected chi connectivity index (χ1v) is 9.86. The summed E-state index contributed by atoms with van der Waals surface area (Å²) in [4.78, 5) is 0. The van der Waals surface area contributed by atoms with E-state index in [1.165, 1.54) is 24.8 Å². The van der Waals surface area contributed by atoms with Gasteiger partial charge in [0, 0.05) is 17.6 Å². The Hall–Kier alpha value is -1.71. The van der Waals surface area contributed by atoms with Gasteiger partial charge in [0.05, 0.1) is 6.61 Å². The molecule has 0 saturated carbocycles. The predicted molar refractivity (Wildman–Crippen MR) is 109 cm³/mol. The summed E-state index contributed by atoms with van der Waals surface area (Å²) in [5.74, 6) is 1.43. The Morgan fingerprint density at radius 3 is 2.54 bits per heavy atom. The van der Waals surface area contributed by atoms with Gasteiger partial charge in [-0.15, -0.1) is 0 Å². The second-order valence-electron chi connectivity index (χ2n) is 6.48. The fourth-order valence-corrected chi connectivity index (χ4v) is 3.00. The highest BCUT2D eigenvalue weighted by Crippen LogP contribution is 2.34. The maximum atomic E-state index is 6.47. The maximum absolute atomic E-state index is 6.47. The van der Waals surface area contributed by atoms with Crippen molar-refractivity contribution in [3.05, 3.63) is 58.1 Å². The van der Waals surface area contributed by atoms with Gasteiger partial charge in [0.2, 0.25) is 0 Å². The lowest BCUT2D eigenvalue weighted by atomic mass is 10.1. The van der Waals surface area contributed by atoms with Crippen LogP contribution < -0.4 is 14.8 Å². The average Bonchev–Trinajstić information content (AvgIpc) is 2.62. The van der Waals surface area contributed by atoms with Gasteiger partial charge in [-0.2, -0.15) is 0 Å². The summed E-state index contributed by atoms with van der Waals surface area (Å²) in [7, 11) is 0. The van der Waals surface area contributed by atoms with Crippen molar-refractivity contribution in [2.24, 2.45) is 0 Å². The second-order valence-corrected chi connectivity index (χ2v) is 6.89. The molecule has 0 unspecified atom stereocenters. The van der Waals surface area contributed by atoms with Crippen LogP contribution in [0.25, 0.3) is 0 Å². The highest BCUT2D eigenvalue weighted by molar-refractivity contribution is 6.31. The van der Waals surface area contributed by atoms with E-state index in [-0.39, 0.29) is 0 Å². The van der Waals surface area contributed by atoms with Crippen molar-refractivity contribution < 1.29 is 9.47 Å². The van der Waals surface area contributed by atoms with E-state index >= 15 is 0 Å². The summed E-state index contributed by atoms with van der Waals surface area (Å²) in [5, 5.41) is 4.15. The number of hydrogen-bond donors (Lipinski definition) is 1. The molecule has 26 heavy (non-hydrogen) atoms. The predicted octanol–water partition coefficient (Wildman–Crippen LogP) is 5.91. The van der Waals surface area contributed by atoms with Crippen LogP contribution in [-0.2, 0) is 13.2 Å². The summed E-state index contributed by atoms with van der Waals surface area (Å²) in [6.45, 7) is 9.08. The van der Waals surface area contributed by atoms with E-state index in [0.717, 1.165) is 30.0 Å². The number of benzene rings is 2. The van der Waals surface area contributed by atoms with Crippen LogP contribution in [-0.4, -0.2) is 13.2 Å². The van der Waals surface area contributed by atoms with Gasteiger partial charge < -0.3 is 14.8 Å². The number of nitrogens with one attached hydrogen (secondary N) is 1. The van der Waals surface area contributed by atoms with E-state index in [1.54, 1.807) is 0 Å².